The van der Waals surface area contributed by atoms with Gasteiger partial charge in [0.05, 0.1) is 6.10 Å². The standard InChI is InChI=1S/C13H23NO4/c1-13(2,3)10(12(16)17)11(15)14-7-5-6-9(8-14)18-4/h9-10H,5-8H2,1-4H3,(H,16,17). The lowest BCUT2D eigenvalue weighted by molar-refractivity contribution is -0.157. The predicted octanol–water partition coefficient (Wildman–Crippen LogP) is 1.37. The van der Waals surface area contributed by atoms with E-state index in [0.717, 1.165) is 12.8 Å². The second-order valence-electron chi connectivity index (χ2n) is 5.92. The van der Waals surface area contributed by atoms with Crippen LogP contribution >= 0.6 is 0 Å². The smallest absolute Gasteiger partial charge is 0.316 e. The third-order valence-corrected chi connectivity index (χ3v) is 3.38. The molecule has 5 nitrogen and oxygen atoms in total. The van der Waals surface area contributed by atoms with Crippen molar-refractivity contribution in [3.63, 3.8) is 0 Å². The minimum atomic E-state index is -1.05. The van der Waals surface area contributed by atoms with Crippen LogP contribution in [0.4, 0.5) is 0 Å². The Labute approximate surface area is 108 Å². The van der Waals surface area contributed by atoms with Crippen molar-refractivity contribution >= 4 is 11.9 Å². The summed E-state index contributed by atoms with van der Waals surface area (Å²) in [4.78, 5) is 25.3. The summed E-state index contributed by atoms with van der Waals surface area (Å²) in [6.07, 6.45) is 1.81. The van der Waals surface area contributed by atoms with Gasteiger partial charge in [-0.05, 0) is 18.3 Å². The highest BCUT2D eigenvalue weighted by atomic mass is 16.5. The van der Waals surface area contributed by atoms with Crippen molar-refractivity contribution in [3.05, 3.63) is 0 Å². The minimum absolute atomic E-state index is 0.0251. The molecule has 0 aliphatic carbocycles. The van der Waals surface area contributed by atoms with Crippen LogP contribution < -0.4 is 0 Å². The minimum Gasteiger partial charge on any atom is -0.481 e. The van der Waals surface area contributed by atoms with Crippen molar-refractivity contribution in [2.75, 3.05) is 20.2 Å². The number of amides is 1. The molecule has 1 saturated heterocycles. The molecular formula is C13H23NO4. The van der Waals surface area contributed by atoms with Gasteiger partial charge < -0.3 is 14.7 Å². The van der Waals surface area contributed by atoms with Crippen LogP contribution in [-0.4, -0.2) is 48.2 Å². The van der Waals surface area contributed by atoms with Crippen LogP contribution in [0.3, 0.4) is 0 Å². The van der Waals surface area contributed by atoms with E-state index >= 15 is 0 Å². The van der Waals surface area contributed by atoms with E-state index in [0.29, 0.717) is 13.1 Å². The number of piperidine rings is 1. The third kappa shape index (κ3) is 3.45. The molecule has 1 aliphatic heterocycles. The molecule has 18 heavy (non-hydrogen) atoms. The molecular weight excluding hydrogens is 234 g/mol. The average Bonchev–Trinajstić information content (AvgIpc) is 2.26. The lowest BCUT2D eigenvalue weighted by atomic mass is 9.79. The molecule has 0 radical (unpaired) electrons. The molecule has 1 amide bonds. The first-order valence-corrected chi connectivity index (χ1v) is 6.31. The normalized spacial score (nSPS) is 22.7. The van der Waals surface area contributed by atoms with Crippen molar-refractivity contribution in [2.24, 2.45) is 11.3 Å². The Bertz CT molecular complexity index is 321. The van der Waals surface area contributed by atoms with Gasteiger partial charge in [0.25, 0.3) is 0 Å². The SMILES string of the molecule is COC1CCCN(C(=O)C(C(=O)O)C(C)(C)C)C1. The lowest BCUT2D eigenvalue weighted by Gasteiger charge is -2.36. The molecule has 1 fully saturated rings. The Hall–Kier alpha value is -1.10. The van der Waals surface area contributed by atoms with E-state index in [1.807, 2.05) is 0 Å². The Kier molecular flexibility index (Phi) is 4.73. The van der Waals surface area contributed by atoms with Gasteiger partial charge in [-0.2, -0.15) is 0 Å². The number of likely N-dealkylation sites (tertiary alicyclic amines) is 1. The summed E-state index contributed by atoms with van der Waals surface area (Å²) in [7, 11) is 1.62. The number of nitrogens with zero attached hydrogens (tertiary/aromatic N) is 1. The Morgan fingerprint density at radius 2 is 2.00 bits per heavy atom. The quantitative estimate of drug-likeness (QED) is 0.775. The maximum Gasteiger partial charge on any atom is 0.316 e. The fourth-order valence-corrected chi connectivity index (χ4v) is 2.36. The number of hydrogen-bond donors (Lipinski definition) is 1. The number of rotatable bonds is 3. The molecule has 1 rings (SSSR count). The van der Waals surface area contributed by atoms with Gasteiger partial charge in [-0.1, -0.05) is 20.8 Å². The van der Waals surface area contributed by atoms with Crippen molar-refractivity contribution in [2.45, 2.75) is 39.7 Å². The summed E-state index contributed by atoms with van der Waals surface area (Å²) >= 11 is 0. The summed E-state index contributed by atoms with van der Waals surface area (Å²) in [5.74, 6) is -2.34. The van der Waals surface area contributed by atoms with Gasteiger partial charge in [0.1, 0.15) is 5.92 Å². The molecule has 1 N–H and O–H groups in total. The Morgan fingerprint density at radius 3 is 2.44 bits per heavy atom. The summed E-state index contributed by atoms with van der Waals surface area (Å²) in [5, 5.41) is 9.25. The number of ether oxygens (including phenoxy) is 1. The average molecular weight is 257 g/mol. The number of carbonyl (C=O) groups is 2. The zero-order valence-electron chi connectivity index (χ0n) is 11.6. The van der Waals surface area contributed by atoms with Crippen molar-refractivity contribution < 1.29 is 19.4 Å². The van der Waals surface area contributed by atoms with Gasteiger partial charge in [0.15, 0.2) is 0 Å². The first-order chi connectivity index (χ1) is 8.27. The molecule has 2 unspecified atom stereocenters. The van der Waals surface area contributed by atoms with Crippen LogP contribution in [0.15, 0.2) is 0 Å². The van der Waals surface area contributed by atoms with Crippen molar-refractivity contribution in [1.82, 2.24) is 4.90 Å². The molecule has 0 saturated carbocycles. The molecule has 1 aliphatic rings. The van der Waals surface area contributed by atoms with Gasteiger partial charge >= 0.3 is 5.97 Å². The summed E-state index contributed by atoms with van der Waals surface area (Å²) in [6, 6.07) is 0. The number of methoxy groups -OCH3 is 1. The van der Waals surface area contributed by atoms with Crippen LogP contribution in [0.5, 0.6) is 0 Å². The number of aliphatic carboxylic acids is 1. The molecule has 104 valence electrons. The number of hydrogen-bond acceptors (Lipinski definition) is 3. The molecule has 0 aromatic rings. The van der Waals surface area contributed by atoms with E-state index in [4.69, 9.17) is 4.74 Å². The second kappa shape index (κ2) is 5.69. The monoisotopic (exact) mass is 257 g/mol. The van der Waals surface area contributed by atoms with Crippen LogP contribution in [0.1, 0.15) is 33.6 Å². The van der Waals surface area contributed by atoms with E-state index in [1.54, 1.807) is 32.8 Å². The first kappa shape index (κ1) is 15.0. The van der Waals surface area contributed by atoms with Crippen LogP contribution in [0, 0.1) is 11.3 Å². The Balaban J connectivity index is 2.80. The van der Waals surface area contributed by atoms with E-state index in [1.165, 1.54) is 0 Å². The van der Waals surface area contributed by atoms with Crippen molar-refractivity contribution in [3.8, 4) is 0 Å². The molecule has 1 heterocycles. The van der Waals surface area contributed by atoms with Gasteiger partial charge in [0.2, 0.25) is 5.91 Å². The largest absolute Gasteiger partial charge is 0.481 e. The van der Waals surface area contributed by atoms with E-state index in [2.05, 4.69) is 0 Å². The summed E-state index contributed by atoms with van der Waals surface area (Å²) in [5.41, 5.74) is -0.580. The number of carboxylic acids is 1. The number of carboxylic acid groups (broad SMARTS) is 1. The fraction of sp³-hybridized carbons (Fsp3) is 0.846. The zero-order valence-corrected chi connectivity index (χ0v) is 11.6. The highest BCUT2D eigenvalue weighted by Crippen LogP contribution is 2.29. The summed E-state index contributed by atoms with van der Waals surface area (Å²) in [6.45, 7) is 6.46. The van der Waals surface area contributed by atoms with E-state index in [9.17, 15) is 14.7 Å². The van der Waals surface area contributed by atoms with Gasteiger partial charge in [-0.15, -0.1) is 0 Å². The van der Waals surface area contributed by atoms with E-state index in [-0.39, 0.29) is 12.0 Å². The predicted molar refractivity (Wildman–Crippen MR) is 67.2 cm³/mol. The molecule has 0 bridgehead atoms. The maximum absolute atomic E-state index is 12.3. The molecule has 5 heteroatoms. The maximum atomic E-state index is 12.3. The molecule has 0 aromatic carbocycles. The fourth-order valence-electron chi connectivity index (χ4n) is 2.36. The highest BCUT2D eigenvalue weighted by molar-refractivity contribution is 5.97. The summed E-state index contributed by atoms with van der Waals surface area (Å²) < 4.78 is 5.26. The number of carbonyl (C=O) groups excluding carboxylic acids is 1. The second-order valence-corrected chi connectivity index (χ2v) is 5.92. The molecule has 2 atom stereocenters. The topological polar surface area (TPSA) is 66.8 Å². The van der Waals surface area contributed by atoms with Gasteiger partial charge in [0, 0.05) is 20.2 Å². The van der Waals surface area contributed by atoms with Crippen molar-refractivity contribution in [1.29, 1.82) is 0 Å². The van der Waals surface area contributed by atoms with Gasteiger partial charge in [-0.3, -0.25) is 9.59 Å². The van der Waals surface area contributed by atoms with E-state index < -0.39 is 17.3 Å². The Morgan fingerprint density at radius 1 is 1.39 bits per heavy atom. The lowest BCUT2D eigenvalue weighted by Crippen LogP contribution is -2.50. The molecule has 0 spiro atoms. The molecule has 0 aromatic heterocycles. The van der Waals surface area contributed by atoms with Crippen LogP contribution in [-0.2, 0) is 14.3 Å². The van der Waals surface area contributed by atoms with Crippen LogP contribution in [0.25, 0.3) is 0 Å². The highest BCUT2D eigenvalue weighted by Gasteiger charge is 2.41. The first-order valence-electron chi connectivity index (χ1n) is 6.31. The van der Waals surface area contributed by atoms with Gasteiger partial charge in [-0.25, -0.2) is 0 Å². The zero-order chi connectivity index (χ0) is 13.9. The third-order valence-electron chi connectivity index (χ3n) is 3.38. The van der Waals surface area contributed by atoms with Crippen LogP contribution in [0.2, 0.25) is 0 Å².